The highest BCUT2D eigenvalue weighted by Gasteiger charge is 2.59. The molecule has 2 aromatic rings. The van der Waals surface area contributed by atoms with Gasteiger partial charge in [-0.05, 0) is 147 Å². The molecule has 0 spiro atoms. The molecule has 2 N–H and O–H groups in total. The average molecular weight is 951 g/mol. The highest BCUT2D eigenvalue weighted by atomic mass is 16.5. The van der Waals surface area contributed by atoms with Crippen molar-refractivity contribution >= 4 is 18.1 Å². The second-order valence-corrected chi connectivity index (χ2v) is 23.0. The Morgan fingerprint density at radius 3 is 2.09 bits per heavy atom. The van der Waals surface area contributed by atoms with Gasteiger partial charge in [-0.1, -0.05) is 150 Å². The van der Waals surface area contributed by atoms with Gasteiger partial charge in [0.1, 0.15) is 23.4 Å². The third-order valence-electron chi connectivity index (χ3n) is 17.6. The van der Waals surface area contributed by atoms with Gasteiger partial charge in [-0.25, -0.2) is 5.43 Å². The Bertz CT molecular complexity index is 1920. The third kappa shape index (κ3) is 15.8. The van der Waals surface area contributed by atoms with Crippen LogP contribution in [0.25, 0.3) is 0 Å². The monoisotopic (exact) mass is 951 g/mol. The third-order valence-corrected chi connectivity index (χ3v) is 17.6. The van der Waals surface area contributed by atoms with Gasteiger partial charge in [-0.2, -0.15) is 5.10 Å². The van der Waals surface area contributed by atoms with Crippen LogP contribution in [0.4, 0.5) is 0 Å². The van der Waals surface area contributed by atoms with Crippen molar-refractivity contribution < 1.29 is 28.9 Å². The lowest BCUT2D eigenvalue weighted by molar-refractivity contribution is -0.151. The van der Waals surface area contributed by atoms with E-state index in [0.29, 0.717) is 41.9 Å². The molecular formula is C61H94N2O6. The van der Waals surface area contributed by atoms with Crippen LogP contribution in [0.2, 0.25) is 0 Å². The molecule has 8 nitrogen and oxygen atoms in total. The minimum absolute atomic E-state index is 0.0270. The molecule has 0 radical (unpaired) electrons. The minimum Gasteiger partial charge on any atom is -0.507 e. The van der Waals surface area contributed by atoms with Crippen LogP contribution in [0, 0.1) is 46.3 Å². The van der Waals surface area contributed by atoms with Gasteiger partial charge in [0.15, 0.2) is 0 Å². The zero-order chi connectivity index (χ0) is 49.1. The molecule has 0 heterocycles. The first-order chi connectivity index (χ1) is 33.4. The first-order valence-electron chi connectivity index (χ1n) is 28.3. The lowest BCUT2D eigenvalue weighted by atomic mass is 9.47. The Kier molecular flexibility index (Phi) is 21.9. The van der Waals surface area contributed by atoms with E-state index in [1.807, 2.05) is 12.1 Å². The molecule has 0 aromatic heterocycles. The Morgan fingerprint density at radius 2 is 1.41 bits per heavy atom. The fourth-order valence-electron chi connectivity index (χ4n) is 13.5. The number of carbonyl (C=O) groups is 2. The molecule has 0 aliphatic heterocycles. The molecule has 69 heavy (non-hydrogen) atoms. The molecule has 2 aromatic carbocycles. The van der Waals surface area contributed by atoms with Crippen molar-refractivity contribution in [2.24, 2.45) is 51.4 Å². The number of hydrogen-bond donors (Lipinski definition) is 2. The molecule has 8 heteroatoms. The van der Waals surface area contributed by atoms with Crippen molar-refractivity contribution in [1.82, 2.24) is 5.43 Å². The van der Waals surface area contributed by atoms with Gasteiger partial charge in [0.2, 0.25) is 0 Å². The van der Waals surface area contributed by atoms with E-state index in [1.54, 1.807) is 35.9 Å². The predicted octanol–water partition coefficient (Wildman–Crippen LogP) is 16.1. The maximum absolute atomic E-state index is 13.0. The van der Waals surface area contributed by atoms with Crippen LogP contribution >= 0.6 is 0 Å². The Morgan fingerprint density at radius 1 is 0.754 bits per heavy atom. The molecule has 3 saturated carbocycles. The number of ether oxygens (including phenoxy) is 3. The molecule has 3 fully saturated rings. The molecule has 4 aliphatic carbocycles. The number of phenols is 1. The van der Waals surface area contributed by atoms with E-state index in [4.69, 9.17) is 14.2 Å². The number of fused-ring (bicyclic) bond motifs is 5. The van der Waals surface area contributed by atoms with Gasteiger partial charge >= 0.3 is 5.97 Å². The van der Waals surface area contributed by atoms with Crippen LogP contribution in [-0.2, 0) is 9.53 Å². The number of benzene rings is 2. The van der Waals surface area contributed by atoms with E-state index < -0.39 is 0 Å². The number of carbonyl (C=O) groups excluding carboxylic acids is 2. The number of amides is 1. The summed E-state index contributed by atoms with van der Waals surface area (Å²) in [6, 6.07) is 12.2. The van der Waals surface area contributed by atoms with Gasteiger partial charge in [-0.3, -0.25) is 9.59 Å². The van der Waals surface area contributed by atoms with Gasteiger partial charge in [0, 0.05) is 30.0 Å². The van der Waals surface area contributed by atoms with Crippen LogP contribution in [0.15, 0.2) is 59.2 Å². The summed E-state index contributed by atoms with van der Waals surface area (Å²) in [5.74, 6) is 6.02. The summed E-state index contributed by atoms with van der Waals surface area (Å²) < 4.78 is 17.9. The molecule has 0 saturated heterocycles. The molecule has 6 rings (SSSR count). The summed E-state index contributed by atoms with van der Waals surface area (Å²) in [5.41, 5.74) is 5.87. The zero-order valence-electron chi connectivity index (χ0n) is 44.2. The van der Waals surface area contributed by atoms with E-state index in [9.17, 15) is 14.7 Å². The van der Waals surface area contributed by atoms with Gasteiger partial charge in [-0.15, -0.1) is 0 Å². The fraction of sp³-hybridized carbons (Fsp3) is 0.721. The number of aromatic hydroxyl groups is 1. The number of nitrogens with one attached hydrogen (secondary N) is 1. The topological polar surface area (TPSA) is 106 Å². The normalized spacial score (nSPS) is 25.7. The fourth-order valence-corrected chi connectivity index (χ4v) is 13.5. The predicted molar refractivity (Wildman–Crippen MR) is 283 cm³/mol. The van der Waals surface area contributed by atoms with E-state index in [0.717, 1.165) is 99.0 Å². The number of rotatable bonds is 30. The maximum Gasteiger partial charge on any atom is 0.306 e. The van der Waals surface area contributed by atoms with E-state index in [1.165, 1.54) is 115 Å². The largest absolute Gasteiger partial charge is 0.507 e. The molecular weight excluding hydrogens is 857 g/mol. The summed E-state index contributed by atoms with van der Waals surface area (Å²) in [6.07, 6.45) is 36.3. The molecule has 0 unspecified atom stereocenters. The van der Waals surface area contributed by atoms with Crippen LogP contribution in [0.5, 0.6) is 17.2 Å². The van der Waals surface area contributed by atoms with Crippen molar-refractivity contribution in [2.75, 3.05) is 13.2 Å². The number of esters is 1. The van der Waals surface area contributed by atoms with Gasteiger partial charge < -0.3 is 19.3 Å². The number of nitrogens with zero attached hydrogens (tertiary/aromatic N) is 1. The number of phenolic OH excluding ortho intramolecular Hbond substituents is 1. The summed E-state index contributed by atoms with van der Waals surface area (Å²) in [6.45, 7) is 16.0. The summed E-state index contributed by atoms with van der Waals surface area (Å²) in [5, 5.41) is 14.6. The van der Waals surface area contributed by atoms with Crippen LogP contribution in [0.3, 0.4) is 0 Å². The molecule has 1 amide bonds. The lowest BCUT2D eigenvalue weighted by Crippen LogP contribution is -2.51. The Hall–Kier alpha value is -3.81. The number of hydrazone groups is 1. The SMILES string of the molecule is CCCCCCCCCCCCOc1ccc(C(=O)N/N=C/c2ccc(OCCCCCCCC(=O)O[C@H]3CC[C@@]4(C)C(=CC[C@H]5[C@@H]6CC[C@H]([C@H](C)CCCC(C)C)[C@@]6(C)CC[C@@H]54)C3)cc2O)cc1. The van der Waals surface area contributed by atoms with E-state index in [-0.39, 0.29) is 29.1 Å². The van der Waals surface area contributed by atoms with Crippen LogP contribution in [-0.4, -0.2) is 42.5 Å². The van der Waals surface area contributed by atoms with Crippen molar-refractivity contribution in [3.05, 3.63) is 65.2 Å². The standard InChI is InChI=1S/C61H94N2O6/c1-7-8-9-10-11-12-13-14-17-20-40-67-50-30-26-47(27-31-50)59(66)63-62-44-48-28-32-51(43-57(48)64)68-41-21-18-15-16-19-25-58(65)69-52-36-38-60(5)49(42-52)29-33-53-55-35-34-54(46(4)24-22-23-45(2)3)61(55,6)39-37-56(53)60/h26-32,43-46,52-56,64H,7-25,33-42H2,1-6H3,(H,63,66)/b62-44+/t46-,52+,53+,54-,55+,56+,60+,61-/m1/s1. The highest BCUT2D eigenvalue weighted by Crippen LogP contribution is 2.67. The number of hydrogen-bond acceptors (Lipinski definition) is 7. The second-order valence-electron chi connectivity index (χ2n) is 23.0. The first-order valence-corrected chi connectivity index (χ1v) is 28.3. The molecule has 0 bridgehead atoms. The molecule has 4 aliphatic rings. The van der Waals surface area contributed by atoms with Gasteiger partial charge in [0.05, 0.1) is 19.4 Å². The summed E-state index contributed by atoms with van der Waals surface area (Å²) in [4.78, 5) is 25.7. The van der Waals surface area contributed by atoms with Crippen molar-refractivity contribution in [1.29, 1.82) is 0 Å². The second kappa shape index (κ2) is 27.7. The highest BCUT2D eigenvalue weighted by molar-refractivity contribution is 5.95. The van der Waals surface area contributed by atoms with Crippen molar-refractivity contribution in [2.45, 2.75) is 221 Å². The number of allylic oxidation sites excluding steroid dienone is 1. The van der Waals surface area contributed by atoms with Crippen LogP contribution in [0.1, 0.15) is 231 Å². The van der Waals surface area contributed by atoms with Crippen molar-refractivity contribution in [3.63, 3.8) is 0 Å². The minimum atomic E-state index is -0.339. The van der Waals surface area contributed by atoms with E-state index in [2.05, 4.69) is 58.1 Å². The summed E-state index contributed by atoms with van der Waals surface area (Å²) in [7, 11) is 0. The zero-order valence-corrected chi connectivity index (χ0v) is 44.2. The average Bonchev–Trinajstić information content (AvgIpc) is 3.69. The smallest absolute Gasteiger partial charge is 0.306 e. The quantitative estimate of drug-likeness (QED) is 0.0266. The lowest BCUT2D eigenvalue weighted by Gasteiger charge is -2.58. The molecule has 8 atom stereocenters. The number of unbranched alkanes of at least 4 members (excludes halogenated alkanes) is 13. The van der Waals surface area contributed by atoms with E-state index >= 15 is 0 Å². The Labute approximate surface area is 419 Å². The maximum atomic E-state index is 13.0. The van der Waals surface area contributed by atoms with Gasteiger partial charge in [0.25, 0.3) is 5.91 Å². The van der Waals surface area contributed by atoms with Crippen molar-refractivity contribution in [3.8, 4) is 17.2 Å². The molecule has 384 valence electrons. The summed E-state index contributed by atoms with van der Waals surface area (Å²) >= 11 is 0. The van der Waals surface area contributed by atoms with Crippen LogP contribution < -0.4 is 14.9 Å². The first kappa shape index (κ1) is 54.5. The Balaban J connectivity index is 0.795.